The summed E-state index contributed by atoms with van der Waals surface area (Å²) in [5.74, 6) is 0.367. The van der Waals surface area contributed by atoms with Crippen molar-refractivity contribution in [2.75, 3.05) is 50.9 Å². The first-order valence-corrected chi connectivity index (χ1v) is 14.9. The van der Waals surface area contributed by atoms with E-state index in [-0.39, 0.29) is 40.6 Å². The summed E-state index contributed by atoms with van der Waals surface area (Å²) in [6.07, 6.45) is -3.53. The van der Waals surface area contributed by atoms with Crippen molar-refractivity contribution in [1.29, 1.82) is 5.41 Å². The van der Waals surface area contributed by atoms with Gasteiger partial charge in [-0.05, 0) is 61.5 Å². The molecule has 0 atom stereocenters. The van der Waals surface area contributed by atoms with Gasteiger partial charge >= 0.3 is 6.18 Å². The Hall–Kier alpha value is -4.52. The number of hydrogen-bond donors (Lipinski definition) is 3. The van der Waals surface area contributed by atoms with Gasteiger partial charge in [0.1, 0.15) is 11.6 Å². The van der Waals surface area contributed by atoms with E-state index < -0.39 is 17.6 Å². The summed E-state index contributed by atoms with van der Waals surface area (Å²) in [4.78, 5) is 26.4. The van der Waals surface area contributed by atoms with Crippen LogP contribution in [0.4, 0.5) is 24.7 Å². The number of alkyl halides is 3. The van der Waals surface area contributed by atoms with Crippen molar-refractivity contribution in [2.45, 2.75) is 19.6 Å². The van der Waals surface area contributed by atoms with Crippen LogP contribution in [0.5, 0.6) is 11.6 Å². The van der Waals surface area contributed by atoms with Gasteiger partial charge in [0.15, 0.2) is 5.82 Å². The number of aryl methyl sites for hydroxylation is 1. The first kappa shape index (κ1) is 32.9. The summed E-state index contributed by atoms with van der Waals surface area (Å²) >= 11 is 6.17. The Morgan fingerprint density at radius 2 is 1.83 bits per heavy atom. The van der Waals surface area contributed by atoms with Crippen LogP contribution in [0.1, 0.15) is 32.6 Å². The van der Waals surface area contributed by atoms with Crippen molar-refractivity contribution in [3.8, 4) is 23.0 Å². The normalized spacial score (nSPS) is 14.2. The number of aromatic nitrogens is 2. The highest BCUT2D eigenvalue weighted by atomic mass is 35.5. The number of nitrogens with one attached hydrogen (secondary N) is 3. The lowest BCUT2D eigenvalue weighted by Gasteiger charge is -2.33. The molecule has 9 nitrogen and oxygen atoms in total. The van der Waals surface area contributed by atoms with Crippen LogP contribution in [0.15, 0.2) is 60.7 Å². The second-order valence-corrected chi connectivity index (χ2v) is 11.4. The number of likely N-dealkylation sites (N-methyl/N-ethyl adjacent to an activating group) is 1. The van der Waals surface area contributed by atoms with Gasteiger partial charge in [0.25, 0.3) is 5.91 Å². The maximum atomic E-state index is 14.1. The zero-order chi connectivity index (χ0) is 33.0. The summed E-state index contributed by atoms with van der Waals surface area (Å²) in [5.41, 5.74) is 1.12. The van der Waals surface area contributed by atoms with Crippen molar-refractivity contribution in [3.05, 3.63) is 93.5 Å². The molecule has 1 aliphatic rings. The Morgan fingerprint density at radius 3 is 2.50 bits per heavy atom. The molecule has 0 saturated carbocycles. The number of amides is 1. The topological polar surface area (TPSA) is 106 Å². The van der Waals surface area contributed by atoms with Crippen molar-refractivity contribution in [1.82, 2.24) is 19.8 Å². The number of piperazine rings is 1. The summed E-state index contributed by atoms with van der Waals surface area (Å²) < 4.78 is 48.4. The van der Waals surface area contributed by atoms with Gasteiger partial charge in [0, 0.05) is 67.8 Å². The fourth-order valence-corrected chi connectivity index (χ4v) is 5.26. The van der Waals surface area contributed by atoms with Gasteiger partial charge in [0.05, 0.1) is 11.1 Å². The molecule has 3 N–H and O–H groups in total. The molecule has 1 amide bonds. The predicted molar refractivity (Wildman–Crippen MR) is 173 cm³/mol. The van der Waals surface area contributed by atoms with E-state index in [1.807, 2.05) is 11.9 Å². The van der Waals surface area contributed by atoms with E-state index in [2.05, 4.69) is 25.5 Å². The van der Waals surface area contributed by atoms with Crippen LogP contribution in [-0.2, 0) is 12.7 Å². The number of carbonyl (C=O) groups excluding carboxylic acids is 1. The molecule has 3 aromatic carbocycles. The maximum Gasteiger partial charge on any atom is 0.416 e. The molecule has 4 aromatic rings. The quantitative estimate of drug-likeness (QED) is 0.168. The van der Waals surface area contributed by atoms with E-state index in [0.717, 1.165) is 25.4 Å². The Balaban J connectivity index is 1.40. The predicted octanol–water partition coefficient (Wildman–Crippen LogP) is 6.96. The first-order chi connectivity index (χ1) is 21.9. The molecule has 1 fully saturated rings. The van der Waals surface area contributed by atoms with Gasteiger partial charge in [0.2, 0.25) is 5.88 Å². The molecule has 240 valence electrons. The molecule has 2 heterocycles. The molecule has 0 aliphatic carbocycles. The lowest BCUT2D eigenvalue weighted by molar-refractivity contribution is -0.138. The van der Waals surface area contributed by atoms with Gasteiger partial charge in [-0.25, -0.2) is 4.98 Å². The van der Waals surface area contributed by atoms with Crippen LogP contribution in [0.25, 0.3) is 11.4 Å². The highest BCUT2D eigenvalue weighted by molar-refractivity contribution is 6.30. The summed E-state index contributed by atoms with van der Waals surface area (Å²) in [7, 11) is 3.64. The van der Waals surface area contributed by atoms with Crippen LogP contribution >= 0.6 is 11.6 Å². The van der Waals surface area contributed by atoms with E-state index >= 15 is 0 Å². The maximum absolute atomic E-state index is 14.1. The van der Waals surface area contributed by atoms with Crippen molar-refractivity contribution >= 4 is 35.2 Å². The second-order valence-electron chi connectivity index (χ2n) is 11.0. The lowest BCUT2D eigenvalue weighted by Crippen LogP contribution is -2.44. The third-order valence-electron chi connectivity index (χ3n) is 7.69. The Morgan fingerprint density at radius 1 is 1.07 bits per heavy atom. The van der Waals surface area contributed by atoms with E-state index in [1.54, 1.807) is 50.4 Å². The van der Waals surface area contributed by atoms with Gasteiger partial charge in [-0.2, -0.15) is 18.2 Å². The van der Waals surface area contributed by atoms with Crippen LogP contribution in [-0.4, -0.2) is 72.2 Å². The van der Waals surface area contributed by atoms with Crippen molar-refractivity contribution < 1.29 is 22.7 Å². The number of carbonyl (C=O) groups is 1. The number of ether oxygens (including phenoxy) is 1. The molecule has 1 saturated heterocycles. The molecule has 1 aliphatic heterocycles. The van der Waals surface area contributed by atoms with Gasteiger partial charge in [-0.15, -0.1) is 0 Å². The van der Waals surface area contributed by atoms with Crippen molar-refractivity contribution in [3.63, 3.8) is 0 Å². The molecule has 0 radical (unpaired) electrons. The standard InChI is InChI=1S/C33H33ClF3N7O2/c1-20-7-8-22(16-28(20)46-32-26(18-38)30(39-2)41-29(42-32)21-5-4-6-24(34)15-21)31(45)40-25-10-9-23(27(17-25)33(35,36)37)19-44-13-11-43(3)12-14-44/h4-10,15-18,38H,11-14,19H2,1-3H3,(H,40,45)(H,39,41,42). The molecule has 1 aromatic heterocycles. The molecule has 5 rings (SSSR count). The number of rotatable bonds is 9. The molecule has 0 spiro atoms. The first-order valence-electron chi connectivity index (χ1n) is 14.5. The van der Waals surface area contributed by atoms with Gasteiger partial charge < -0.3 is 25.7 Å². The average Bonchev–Trinajstić information content (AvgIpc) is 3.03. The van der Waals surface area contributed by atoms with Gasteiger partial charge in [-0.1, -0.05) is 35.9 Å². The molecular weight excluding hydrogens is 619 g/mol. The summed E-state index contributed by atoms with van der Waals surface area (Å²) in [5, 5.41) is 14.0. The second kappa shape index (κ2) is 13.9. The van der Waals surface area contributed by atoms with E-state index in [1.165, 1.54) is 18.2 Å². The Kier molecular flexibility index (Phi) is 9.90. The number of benzene rings is 3. The molecule has 0 bridgehead atoms. The van der Waals surface area contributed by atoms with Crippen LogP contribution in [0.3, 0.4) is 0 Å². The van der Waals surface area contributed by atoms with Crippen LogP contribution in [0.2, 0.25) is 5.02 Å². The minimum atomic E-state index is -4.59. The molecule has 0 unspecified atom stereocenters. The summed E-state index contributed by atoms with van der Waals surface area (Å²) in [6, 6.07) is 15.5. The fourth-order valence-electron chi connectivity index (χ4n) is 5.07. The van der Waals surface area contributed by atoms with Crippen LogP contribution < -0.4 is 15.4 Å². The average molecular weight is 652 g/mol. The fraction of sp³-hybridized carbons (Fsp3) is 0.273. The monoisotopic (exact) mass is 651 g/mol. The van der Waals surface area contributed by atoms with Gasteiger partial charge in [-0.3, -0.25) is 9.69 Å². The lowest BCUT2D eigenvalue weighted by atomic mass is 10.0. The van der Waals surface area contributed by atoms with E-state index in [9.17, 15) is 18.0 Å². The molecule has 13 heteroatoms. The highest BCUT2D eigenvalue weighted by Gasteiger charge is 2.34. The van der Waals surface area contributed by atoms with Crippen molar-refractivity contribution in [2.24, 2.45) is 0 Å². The minimum absolute atomic E-state index is 0.0224. The Labute approximate surface area is 269 Å². The zero-order valence-corrected chi connectivity index (χ0v) is 26.3. The minimum Gasteiger partial charge on any atom is -0.438 e. The summed E-state index contributed by atoms with van der Waals surface area (Å²) in [6.45, 7) is 4.88. The Bertz CT molecular complexity index is 1760. The van der Waals surface area contributed by atoms with E-state index in [0.29, 0.717) is 40.9 Å². The van der Waals surface area contributed by atoms with Crippen LogP contribution in [0, 0.1) is 12.3 Å². The highest BCUT2D eigenvalue weighted by Crippen LogP contribution is 2.36. The third kappa shape index (κ3) is 7.64. The smallest absolute Gasteiger partial charge is 0.416 e. The number of anilines is 2. The third-order valence-corrected chi connectivity index (χ3v) is 7.93. The largest absolute Gasteiger partial charge is 0.438 e. The molecular formula is C33H33ClF3N7O2. The number of nitrogens with zero attached hydrogens (tertiary/aromatic N) is 4. The zero-order valence-electron chi connectivity index (χ0n) is 25.5. The number of halogens is 4. The SMILES string of the molecule is CNc1nc(-c2cccc(Cl)c2)nc(Oc2cc(C(=O)Nc3ccc(CN4CCN(C)CC4)c(C(F)(F)F)c3)ccc2C)c1C=N. The molecule has 46 heavy (non-hydrogen) atoms. The number of hydrogen-bond acceptors (Lipinski definition) is 8. The van der Waals surface area contributed by atoms with E-state index in [4.69, 9.17) is 21.7 Å².